The summed E-state index contributed by atoms with van der Waals surface area (Å²) in [6.07, 6.45) is 4.20. The molecule has 7 nitrogen and oxygen atoms in total. The number of amides is 2. The van der Waals surface area contributed by atoms with Gasteiger partial charge in [-0.25, -0.2) is 0 Å². The monoisotopic (exact) mass is 357 g/mol. The summed E-state index contributed by atoms with van der Waals surface area (Å²) in [5, 5.41) is 14.0. The van der Waals surface area contributed by atoms with Crippen molar-refractivity contribution >= 4 is 22.7 Å². The second-order valence-corrected chi connectivity index (χ2v) is 7.42. The zero-order chi connectivity index (χ0) is 18.8. The van der Waals surface area contributed by atoms with Crippen LogP contribution in [0.3, 0.4) is 0 Å². The number of nitrogens with one attached hydrogen (secondary N) is 3. The number of fused-ring (bicyclic) bond motifs is 1. The number of carbonyl (C=O) groups excluding carboxylic acids is 2. The van der Waals surface area contributed by atoms with E-state index in [1.807, 2.05) is 45.0 Å². The van der Waals surface area contributed by atoms with Gasteiger partial charge in [0.2, 0.25) is 5.91 Å². The van der Waals surface area contributed by atoms with Gasteiger partial charge in [0, 0.05) is 17.5 Å². The van der Waals surface area contributed by atoms with E-state index in [9.17, 15) is 9.59 Å². The van der Waals surface area contributed by atoms with Crippen molar-refractivity contribution in [1.29, 1.82) is 0 Å². The molecule has 2 aromatic rings. The third kappa shape index (κ3) is 3.72. The summed E-state index contributed by atoms with van der Waals surface area (Å²) in [4.78, 5) is 26.9. The largest absolute Gasteiger partial charge is 0.352 e. The fourth-order valence-corrected chi connectivity index (χ4v) is 3.49. The highest BCUT2D eigenvalue weighted by Crippen LogP contribution is 2.23. The molecule has 2 amide bonds. The van der Waals surface area contributed by atoms with Gasteiger partial charge < -0.3 is 10.6 Å². The van der Waals surface area contributed by atoms with E-state index in [2.05, 4.69) is 20.8 Å². The van der Waals surface area contributed by atoms with E-state index in [-0.39, 0.29) is 29.9 Å². The number of aromatic nitrogens is 2. The summed E-state index contributed by atoms with van der Waals surface area (Å²) in [7, 11) is 3.78. The van der Waals surface area contributed by atoms with Gasteiger partial charge in [-0.3, -0.25) is 19.6 Å². The van der Waals surface area contributed by atoms with Gasteiger partial charge in [-0.05, 0) is 58.8 Å². The second kappa shape index (κ2) is 7.45. The minimum atomic E-state index is -0.162. The van der Waals surface area contributed by atoms with Crippen molar-refractivity contribution in [2.45, 2.75) is 51.2 Å². The molecule has 1 aromatic heterocycles. The van der Waals surface area contributed by atoms with Crippen LogP contribution in [-0.4, -0.2) is 59.1 Å². The van der Waals surface area contributed by atoms with Crippen molar-refractivity contribution in [3.8, 4) is 0 Å². The first-order valence-electron chi connectivity index (χ1n) is 9.07. The van der Waals surface area contributed by atoms with E-state index in [0.717, 1.165) is 35.7 Å². The molecule has 1 saturated carbocycles. The van der Waals surface area contributed by atoms with Crippen molar-refractivity contribution in [3.63, 3.8) is 0 Å². The Morgan fingerprint density at radius 3 is 2.62 bits per heavy atom. The van der Waals surface area contributed by atoms with Crippen molar-refractivity contribution in [1.82, 2.24) is 25.7 Å². The fraction of sp³-hybridized carbons (Fsp3) is 0.526. The summed E-state index contributed by atoms with van der Waals surface area (Å²) >= 11 is 0. The molecule has 0 aliphatic heterocycles. The highest BCUT2D eigenvalue weighted by atomic mass is 16.2. The lowest BCUT2D eigenvalue weighted by molar-refractivity contribution is -0.125. The fourth-order valence-electron chi connectivity index (χ4n) is 3.49. The average Bonchev–Trinajstić information content (AvgIpc) is 3.22. The van der Waals surface area contributed by atoms with Gasteiger partial charge in [0.25, 0.3) is 5.91 Å². The summed E-state index contributed by atoms with van der Waals surface area (Å²) in [6, 6.07) is 3.88. The molecule has 7 heteroatoms. The molecular formula is C19H27N5O2. The number of aromatic amines is 1. The van der Waals surface area contributed by atoms with E-state index in [0.29, 0.717) is 5.56 Å². The average molecular weight is 357 g/mol. The van der Waals surface area contributed by atoms with Gasteiger partial charge in [-0.15, -0.1) is 0 Å². The van der Waals surface area contributed by atoms with Gasteiger partial charge in [0.05, 0.1) is 23.3 Å². The molecule has 0 radical (unpaired) electrons. The lowest BCUT2D eigenvalue weighted by Crippen LogP contribution is -2.45. The van der Waals surface area contributed by atoms with Crippen LogP contribution in [0.4, 0.5) is 0 Å². The summed E-state index contributed by atoms with van der Waals surface area (Å²) in [5.41, 5.74) is 2.46. The van der Waals surface area contributed by atoms with Gasteiger partial charge in [0.1, 0.15) is 0 Å². The molecule has 1 aliphatic carbocycles. The molecule has 3 N–H and O–H groups in total. The van der Waals surface area contributed by atoms with Crippen molar-refractivity contribution in [3.05, 3.63) is 29.5 Å². The van der Waals surface area contributed by atoms with Crippen LogP contribution in [-0.2, 0) is 4.79 Å². The second-order valence-electron chi connectivity index (χ2n) is 7.42. The van der Waals surface area contributed by atoms with Crippen LogP contribution in [0, 0.1) is 6.92 Å². The third-order valence-electron chi connectivity index (χ3n) is 5.33. The smallest absolute Gasteiger partial charge is 0.252 e. The lowest BCUT2D eigenvalue weighted by atomic mass is 10.0. The number of carbonyl (C=O) groups is 2. The van der Waals surface area contributed by atoms with E-state index >= 15 is 0 Å². The predicted octanol–water partition coefficient (Wildman–Crippen LogP) is 1.59. The minimum Gasteiger partial charge on any atom is -0.352 e. The Balaban J connectivity index is 1.62. The summed E-state index contributed by atoms with van der Waals surface area (Å²) in [5.74, 6) is -0.0425. The zero-order valence-electron chi connectivity index (χ0n) is 15.8. The molecule has 1 aliphatic rings. The molecule has 140 valence electrons. The molecule has 0 spiro atoms. The molecule has 1 heterocycles. The number of hydrogen-bond acceptors (Lipinski definition) is 4. The van der Waals surface area contributed by atoms with Crippen molar-refractivity contribution in [2.75, 3.05) is 14.1 Å². The maximum Gasteiger partial charge on any atom is 0.252 e. The lowest BCUT2D eigenvalue weighted by Gasteiger charge is -2.22. The number of rotatable bonds is 5. The van der Waals surface area contributed by atoms with Crippen LogP contribution in [0.25, 0.3) is 10.9 Å². The normalized spacial score (nSPS) is 21.1. The first kappa shape index (κ1) is 18.4. The SMILES string of the molecule is Cc1ccc2[nH]ncc2c1C(=O)N[C@H]1CC[C@@H](NC(=O)[C@@H](C)N(C)C)C1. The molecule has 1 aromatic carbocycles. The Hall–Kier alpha value is -2.41. The van der Waals surface area contributed by atoms with E-state index < -0.39 is 0 Å². The van der Waals surface area contributed by atoms with Gasteiger partial charge >= 0.3 is 0 Å². The number of likely N-dealkylation sites (N-methyl/N-ethyl adjacent to an activating group) is 1. The Bertz CT molecular complexity index is 813. The highest BCUT2D eigenvalue weighted by Gasteiger charge is 2.29. The number of aryl methyl sites for hydroxylation is 1. The van der Waals surface area contributed by atoms with E-state index in [1.54, 1.807) is 6.20 Å². The maximum absolute atomic E-state index is 12.8. The van der Waals surface area contributed by atoms with Crippen LogP contribution in [0.1, 0.15) is 42.1 Å². The topological polar surface area (TPSA) is 90.1 Å². The van der Waals surface area contributed by atoms with Crippen LogP contribution < -0.4 is 10.6 Å². The Labute approximate surface area is 153 Å². The zero-order valence-corrected chi connectivity index (χ0v) is 15.8. The van der Waals surface area contributed by atoms with Crippen LogP contribution in [0.15, 0.2) is 18.3 Å². The van der Waals surface area contributed by atoms with Gasteiger partial charge in [-0.2, -0.15) is 5.10 Å². The molecule has 1 fully saturated rings. The maximum atomic E-state index is 12.8. The van der Waals surface area contributed by atoms with Crippen LogP contribution in [0.2, 0.25) is 0 Å². The van der Waals surface area contributed by atoms with Gasteiger partial charge in [0.15, 0.2) is 0 Å². The molecule has 0 bridgehead atoms. The summed E-state index contributed by atoms with van der Waals surface area (Å²) < 4.78 is 0. The van der Waals surface area contributed by atoms with E-state index in [4.69, 9.17) is 0 Å². The predicted molar refractivity (Wildman–Crippen MR) is 101 cm³/mol. The molecule has 26 heavy (non-hydrogen) atoms. The van der Waals surface area contributed by atoms with Crippen molar-refractivity contribution < 1.29 is 9.59 Å². The Morgan fingerprint density at radius 1 is 1.23 bits per heavy atom. The van der Waals surface area contributed by atoms with Gasteiger partial charge in [-0.1, -0.05) is 6.07 Å². The standard InChI is InChI=1S/C19H27N5O2/c1-11-5-8-16-15(10-20-23-16)17(11)19(26)22-14-7-6-13(9-14)21-18(25)12(2)24(3)4/h5,8,10,12-14H,6-7,9H2,1-4H3,(H,20,23)(H,21,25)(H,22,26)/t12-,13-,14+/m1/s1. The summed E-state index contributed by atoms with van der Waals surface area (Å²) in [6.45, 7) is 3.82. The minimum absolute atomic E-state index is 0.0333. The molecule has 0 unspecified atom stereocenters. The molecule has 0 saturated heterocycles. The highest BCUT2D eigenvalue weighted by molar-refractivity contribution is 6.07. The Morgan fingerprint density at radius 2 is 1.92 bits per heavy atom. The number of H-pyrrole nitrogens is 1. The number of benzene rings is 1. The molecule has 3 rings (SSSR count). The quantitative estimate of drug-likeness (QED) is 0.758. The Kier molecular flexibility index (Phi) is 5.27. The molecular weight excluding hydrogens is 330 g/mol. The number of nitrogens with zero attached hydrogens (tertiary/aromatic N) is 2. The van der Waals surface area contributed by atoms with Crippen LogP contribution in [0.5, 0.6) is 0 Å². The first-order valence-corrected chi connectivity index (χ1v) is 9.07. The van der Waals surface area contributed by atoms with Crippen molar-refractivity contribution in [2.24, 2.45) is 0 Å². The first-order chi connectivity index (χ1) is 12.4. The van der Waals surface area contributed by atoms with E-state index in [1.165, 1.54) is 0 Å². The third-order valence-corrected chi connectivity index (χ3v) is 5.33. The molecule has 3 atom stereocenters. The van der Waals surface area contributed by atoms with Crippen LogP contribution >= 0.6 is 0 Å². The number of hydrogen-bond donors (Lipinski definition) is 3.